The molecule has 1 amide bonds. The van der Waals surface area contributed by atoms with Gasteiger partial charge in [0.1, 0.15) is 0 Å². The lowest BCUT2D eigenvalue weighted by molar-refractivity contribution is -0.129. The summed E-state index contributed by atoms with van der Waals surface area (Å²) in [6, 6.07) is 8.00. The quantitative estimate of drug-likeness (QED) is 0.756. The van der Waals surface area contributed by atoms with Gasteiger partial charge in [0.15, 0.2) is 11.6 Å². The third-order valence-electron chi connectivity index (χ3n) is 6.19. The highest BCUT2D eigenvalue weighted by Crippen LogP contribution is 2.26. The SMILES string of the molecule is CC(=O)N1CCN(c2ccc(Nc3ncc(F)c(N4CCC(CN)CC4)n3)cc2)CC1. The summed E-state index contributed by atoms with van der Waals surface area (Å²) in [4.78, 5) is 26.1. The van der Waals surface area contributed by atoms with Crippen LogP contribution in [0.1, 0.15) is 19.8 Å². The van der Waals surface area contributed by atoms with Crippen LogP contribution in [0.25, 0.3) is 0 Å². The lowest BCUT2D eigenvalue weighted by atomic mass is 9.97. The van der Waals surface area contributed by atoms with E-state index < -0.39 is 5.82 Å². The Morgan fingerprint density at radius 2 is 1.77 bits per heavy atom. The predicted molar refractivity (Wildman–Crippen MR) is 120 cm³/mol. The average Bonchev–Trinajstić information content (AvgIpc) is 2.81. The van der Waals surface area contributed by atoms with E-state index in [4.69, 9.17) is 5.73 Å². The lowest BCUT2D eigenvalue weighted by Gasteiger charge is -2.35. The summed E-state index contributed by atoms with van der Waals surface area (Å²) < 4.78 is 14.4. The number of piperazine rings is 1. The molecule has 0 aliphatic carbocycles. The molecule has 8 nitrogen and oxygen atoms in total. The van der Waals surface area contributed by atoms with Crippen LogP contribution in [0.5, 0.6) is 0 Å². The smallest absolute Gasteiger partial charge is 0.229 e. The highest BCUT2D eigenvalue weighted by atomic mass is 19.1. The van der Waals surface area contributed by atoms with E-state index in [2.05, 4.69) is 20.2 Å². The summed E-state index contributed by atoms with van der Waals surface area (Å²) in [5, 5.41) is 3.18. The van der Waals surface area contributed by atoms with Gasteiger partial charge in [0.25, 0.3) is 0 Å². The van der Waals surface area contributed by atoms with Gasteiger partial charge in [-0.2, -0.15) is 4.98 Å². The lowest BCUT2D eigenvalue weighted by Crippen LogP contribution is -2.48. The van der Waals surface area contributed by atoms with Gasteiger partial charge in [-0.25, -0.2) is 9.37 Å². The summed E-state index contributed by atoms with van der Waals surface area (Å²) >= 11 is 0. The Bertz CT molecular complexity index is 891. The van der Waals surface area contributed by atoms with E-state index in [0.717, 1.165) is 63.5 Å². The Hall–Kier alpha value is -2.94. The van der Waals surface area contributed by atoms with Gasteiger partial charge in [-0.15, -0.1) is 0 Å². The average molecular weight is 428 g/mol. The monoisotopic (exact) mass is 427 g/mol. The fourth-order valence-electron chi connectivity index (χ4n) is 4.18. The standard InChI is InChI=1S/C22H30FN7O/c1-16(31)28-10-12-29(13-11-28)19-4-2-18(3-5-19)26-22-25-15-20(23)21(27-22)30-8-6-17(14-24)7-9-30/h2-5,15,17H,6-14,24H2,1H3,(H,25,26,27). The van der Waals surface area contributed by atoms with Crippen molar-refractivity contribution in [3.8, 4) is 0 Å². The van der Waals surface area contributed by atoms with Crippen molar-refractivity contribution in [1.29, 1.82) is 0 Å². The topological polar surface area (TPSA) is 90.6 Å². The van der Waals surface area contributed by atoms with E-state index in [-0.39, 0.29) is 5.91 Å². The molecule has 2 aliphatic rings. The number of benzene rings is 1. The minimum Gasteiger partial charge on any atom is -0.368 e. The summed E-state index contributed by atoms with van der Waals surface area (Å²) in [5.74, 6) is 0.939. The zero-order valence-electron chi connectivity index (χ0n) is 17.9. The first-order valence-corrected chi connectivity index (χ1v) is 10.9. The molecule has 2 saturated heterocycles. The van der Waals surface area contributed by atoms with Gasteiger partial charge in [0, 0.05) is 57.6 Å². The molecule has 2 aliphatic heterocycles. The largest absolute Gasteiger partial charge is 0.368 e. The number of anilines is 4. The van der Waals surface area contributed by atoms with Crippen molar-refractivity contribution in [2.24, 2.45) is 11.7 Å². The number of rotatable bonds is 5. The summed E-state index contributed by atoms with van der Waals surface area (Å²) in [5.41, 5.74) is 7.70. The van der Waals surface area contributed by atoms with Crippen LogP contribution < -0.4 is 20.9 Å². The molecule has 1 aromatic carbocycles. The van der Waals surface area contributed by atoms with Crippen LogP contribution >= 0.6 is 0 Å². The molecule has 4 rings (SSSR count). The normalized spacial score (nSPS) is 17.7. The molecule has 3 heterocycles. The first-order chi connectivity index (χ1) is 15.0. The molecular weight excluding hydrogens is 397 g/mol. The third kappa shape index (κ3) is 5.04. The van der Waals surface area contributed by atoms with Gasteiger partial charge in [-0.3, -0.25) is 4.79 Å². The minimum atomic E-state index is -0.406. The molecular formula is C22H30FN7O. The number of halogens is 1. The second-order valence-corrected chi connectivity index (χ2v) is 8.20. The maximum Gasteiger partial charge on any atom is 0.229 e. The van der Waals surface area contributed by atoms with Crippen molar-refractivity contribution in [2.75, 3.05) is 60.9 Å². The molecule has 0 unspecified atom stereocenters. The molecule has 0 atom stereocenters. The van der Waals surface area contributed by atoms with Crippen molar-refractivity contribution in [3.05, 3.63) is 36.3 Å². The summed E-state index contributed by atoms with van der Waals surface area (Å²) in [6.45, 7) is 6.90. The molecule has 0 radical (unpaired) electrons. The number of hydrogen-bond acceptors (Lipinski definition) is 7. The molecule has 166 valence electrons. The fraction of sp³-hybridized carbons (Fsp3) is 0.500. The number of aromatic nitrogens is 2. The second-order valence-electron chi connectivity index (χ2n) is 8.20. The van der Waals surface area contributed by atoms with Crippen molar-refractivity contribution >= 4 is 29.0 Å². The highest BCUT2D eigenvalue weighted by Gasteiger charge is 2.22. The van der Waals surface area contributed by atoms with Crippen LogP contribution in [0.15, 0.2) is 30.5 Å². The van der Waals surface area contributed by atoms with Crippen LogP contribution in [0, 0.1) is 11.7 Å². The Balaban J connectivity index is 1.39. The van der Waals surface area contributed by atoms with E-state index in [1.54, 1.807) is 6.92 Å². The number of piperidine rings is 1. The van der Waals surface area contributed by atoms with Gasteiger partial charge in [-0.05, 0) is 49.6 Å². The van der Waals surface area contributed by atoms with Gasteiger partial charge >= 0.3 is 0 Å². The van der Waals surface area contributed by atoms with Crippen LogP contribution in [0.3, 0.4) is 0 Å². The van der Waals surface area contributed by atoms with Crippen LogP contribution in [0.2, 0.25) is 0 Å². The van der Waals surface area contributed by atoms with Crippen LogP contribution in [-0.2, 0) is 4.79 Å². The Labute approximate surface area is 182 Å². The van der Waals surface area contributed by atoms with Gasteiger partial charge in [0.2, 0.25) is 11.9 Å². The van der Waals surface area contributed by atoms with Crippen molar-refractivity contribution in [1.82, 2.24) is 14.9 Å². The van der Waals surface area contributed by atoms with E-state index in [0.29, 0.717) is 24.2 Å². The summed E-state index contributed by atoms with van der Waals surface area (Å²) in [7, 11) is 0. The maximum atomic E-state index is 14.4. The Morgan fingerprint density at radius 3 is 2.39 bits per heavy atom. The van der Waals surface area contributed by atoms with E-state index >= 15 is 0 Å². The molecule has 0 saturated carbocycles. The zero-order valence-corrected chi connectivity index (χ0v) is 17.9. The summed E-state index contributed by atoms with van der Waals surface area (Å²) in [6.07, 6.45) is 3.12. The number of nitrogens with two attached hydrogens (primary N) is 1. The number of carbonyl (C=O) groups excluding carboxylic acids is 1. The van der Waals surface area contributed by atoms with Crippen LogP contribution in [0.4, 0.5) is 27.5 Å². The molecule has 2 aromatic rings. The number of nitrogens with zero attached hydrogens (tertiary/aromatic N) is 5. The molecule has 1 aromatic heterocycles. The number of carbonyl (C=O) groups is 1. The highest BCUT2D eigenvalue weighted by molar-refractivity contribution is 5.73. The van der Waals surface area contributed by atoms with E-state index in [1.165, 1.54) is 6.20 Å². The number of amides is 1. The zero-order chi connectivity index (χ0) is 21.8. The van der Waals surface area contributed by atoms with Crippen molar-refractivity contribution < 1.29 is 9.18 Å². The second kappa shape index (κ2) is 9.47. The Morgan fingerprint density at radius 1 is 1.10 bits per heavy atom. The minimum absolute atomic E-state index is 0.126. The predicted octanol–water partition coefficient (Wildman–Crippen LogP) is 2.20. The first-order valence-electron chi connectivity index (χ1n) is 10.9. The fourth-order valence-corrected chi connectivity index (χ4v) is 4.18. The molecule has 2 fully saturated rings. The number of hydrogen-bond donors (Lipinski definition) is 2. The Kier molecular flexibility index (Phi) is 6.50. The molecule has 31 heavy (non-hydrogen) atoms. The first kappa shape index (κ1) is 21.3. The molecule has 0 bridgehead atoms. The van der Waals surface area contributed by atoms with Gasteiger partial charge in [0.05, 0.1) is 6.20 Å². The van der Waals surface area contributed by atoms with Crippen LogP contribution in [-0.4, -0.2) is 66.6 Å². The van der Waals surface area contributed by atoms with E-state index in [1.807, 2.05) is 34.1 Å². The van der Waals surface area contributed by atoms with Crippen molar-refractivity contribution in [3.63, 3.8) is 0 Å². The maximum absolute atomic E-state index is 14.4. The molecule has 3 N–H and O–H groups in total. The molecule has 0 spiro atoms. The number of nitrogens with one attached hydrogen (secondary N) is 1. The molecule has 9 heteroatoms. The van der Waals surface area contributed by atoms with Gasteiger partial charge in [-0.1, -0.05) is 0 Å². The third-order valence-corrected chi connectivity index (χ3v) is 6.19. The van der Waals surface area contributed by atoms with Crippen molar-refractivity contribution in [2.45, 2.75) is 19.8 Å². The van der Waals surface area contributed by atoms with Gasteiger partial charge < -0.3 is 25.8 Å². The van der Waals surface area contributed by atoms with E-state index in [9.17, 15) is 9.18 Å².